The van der Waals surface area contributed by atoms with Gasteiger partial charge in [-0.05, 0) is 60.2 Å². The molecule has 4 fully saturated rings. The molecule has 4 atom stereocenters. The fraction of sp³-hybridized carbons (Fsp3) is 1.00. The maximum atomic E-state index is 2.87. The zero-order chi connectivity index (χ0) is 16.7. The molecule has 0 amide bonds. The highest BCUT2D eigenvalue weighted by atomic mass is 15.4. The summed E-state index contributed by atoms with van der Waals surface area (Å²) < 4.78 is 0. The van der Waals surface area contributed by atoms with E-state index in [0.29, 0.717) is 21.7 Å². The van der Waals surface area contributed by atoms with Gasteiger partial charge >= 0.3 is 0 Å². The van der Waals surface area contributed by atoms with Crippen molar-refractivity contribution >= 4 is 0 Å². The minimum Gasteiger partial charge on any atom is -0.287 e. The quantitative estimate of drug-likeness (QED) is 0.725. The van der Waals surface area contributed by atoms with Gasteiger partial charge in [-0.15, -0.1) is 0 Å². The molecule has 2 aliphatic heterocycles. The van der Waals surface area contributed by atoms with Crippen molar-refractivity contribution in [2.24, 2.45) is 21.7 Å². The Morgan fingerprint density at radius 1 is 0.652 bits per heavy atom. The van der Waals surface area contributed by atoms with Crippen molar-refractivity contribution in [3.05, 3.63) is 0 Å². The van der Waals surface area contributed by atoms with Crippen LogP contribution in [0, 0.1) is 21.7 Å². The lowest BCUT2D eigenvalue weighted by Gasteiger charge is -2.40. The Kier molecular flexibility index (Phi) is 3.39. The van der Waals surface area contributed by atoms with E-state index in [-0.39, 0.29) is 0 Å². The molecule has 23 heavy (non-hydrogen) atoms. The maximum absolute atomic E-state index is 2.87. The van der Waals surface area contributed by atoms with Crippen LogP contribution in [0.25, 0.3) is 0 Å². The van der Waals surface area contributed by atoms with E-state index in [0.717, 1.165) is 12.1 Å². The molecule has 2 nitrogen and oxygen atoms in total. The summed E-state index contributed by atoms with van der Waals surface area (Å²) in [4.78, 5) is 5.73. The number of hydrogen-bond acceptors (Lipinski definition) is 2. The molecule has 0 aromatic heterocycles. The van der Waals surface area contributed by atoms with Gasteiger partial charge in [-0.3, -0.25) is 9.80 Å². The molecule has 132 valence electrons. The van der Waals surface area contributed by atoms with Gasteiger partial charge in [0.1, 0.15) is 0 Å². The van der Waals surface area contributed by atoms with Crippen molar-refractivity contribution in [3.63, 3.8) is 0 Å². The zero-order valence-corrected chi connectivity index (χ0v) is 16.4. The number of nitrogens with zero attached hydrogens (tertiary/aromatic N) is 2. The molecule has 0 aromatic carbocycles. The molecule has 4 rings (SSSR count). The topological polar surface area (TPSA) is 6.48 Å². The third-order valence-electron chi connectivity index (χ3n) is 7.41. The van der Waals surface area contributed by atoms with Crippen LogP contribution in [0.3, 0.4) is 0 Å². The standard InChI is InChI=1S/C21H38N2/c1-18(2)7-16-9-20(5,11-18)13-22(16)15-23-14-21(6)10-17(23)8-19(3,4)12-21/h16-17H,7-15H2,1-6H3/t16-,17-,20-,21+/m1/s1. The average Bonchev–Trinajstić information content (AvgIpc) is 2.67. The molecule has 2 aliphatic carbocycles. The van der Waals surface area contributed by atoms with Crippen molar-refractivity contribution in [3.8, 4) is 0 Å². The molecular weight excluding hydrogens is 280 g/mol. The summed E-state index contributed by atoms with van der Waals surface area (Å²) in [5.74, 6) is 0. The summed E-state index contributed by atoms with van der Waals surface area (Å²) in [5, 5.41) is 0. The predicted octanol–water partition coefficient (Wildman–Crippen LogP) is 4.75. The summed E-state index contributed by atoms with van der Waals surface area (Å²) in [5.41, 5.74) is 2.23. The Labute approximate surface area is 144 Å². The lowest BCUT2D eigenvalue weighted by molar-refractivity contribution is 0.0807. The SMILES string of the molecule is CC1(C)C[C@@H]2C[C@@](C)(CN2CN2C[C@@]3(C)C[C@H]2CC(C)(C)C3)C1. The van der Waals surface area contributed by atoms with Crippen molar-refractivity contribution in [2.45, 2.75) is 92.2 Å². The van der Waals surface area contributed by atoms with Crippen LogP contribution in [0.2, 0.25) is 0 Å². The van der Waals surface area contributed by atoms with Crippen LogP contribution in [-0.4, -0.2) is 41.6 Å². The molecule has 0 N–H and O–H groups in total. The highest BCUT2D eigenvalue weighted by Gasteiger charge is 2.53. The number of rotatable bonds is 2. The Morgan fingerprint density at radius 2 is 1.04 bits per heavy atom. The van der Waals surface area contributed by atoms with Crippen LogP contribution in [0.15, 0.2) is 0 Å². The van der Waals surface area contributed by atoms with E-state index >= 15 is 0 Å². The van der Waals surface area contributed by atoms with E-state index in [9.17, 15) is 0 Å². The van der Waals surface area contributed by atoms with Gasteiger partial charge in [-0.25, -0.2) is 0 Å². The molecule has 0 unspecified atom stereocenters. The van der Waals surface area contributed by atoms with E-state index in [1.54, 1.807) is 0 Å². The summed E-state index contributed by atoms with van der Waals surface area (Å²) in [6.07, 6.45) is 8.53. The van der Waals surface area contributed by atoms with Crippen molar-refractivity contribution in [2.75, 3.05) is 19.8 Å². The van der Waals surface area contributed by atoms with E-state index in [2.05, 4.69) is 51.3 Å². The van der Waals surface area contributed by atoms with Crippen molar-refractivity contribution in [1.29, 1.82) is 0 Å². The van der Waals surface area contributed by atoms with Crippen LogP contribution in [0.4, 0.5) is 0 Å². The fourth-order valence-corrected chi connectivity index (χ4v) is 7.72. The average molecular weight is 319 g/mol. The van der Waals surface area contributed by atoms with E-state index in [1.807, 2.05) is 0 Å². The molecule has 0 radical (unpaired) electrons. The lowest BCUT2D eigenvalue weighted by Crippen LogP contribution is -2.44. The van der Waals surface area contributed by atoms with Crippen molar-refractivity contribution in [1.82, 2.24) is 9.80 Å². The minimum atomic E-state index is 0.543. The largest absolute Gasteiger partial charge is 0.287 e. The van der Waals surface area contributed by atoms with Crippen LogP contribution in [0.5, 0.6) is 0 Å². The summed E-state index contributed by atoms with van der Waals surface area (Å²) >= 11 is 0. The summed E-state index contributed by atoms with van der Waals surface area (Å²) in [7, 11) is 0. The molecule has 4 bridgehead atoms. The van der Waals surface area contributed by atoms with Gasteiger partial charge in [-0.1, -0.05) is 41.5 Å². The number of fused-ring (bicyclic) bond motifs is 4. The van der Waals surface area contributed by atoms with Gasteiger partial charge in [0.15, 0.2) is 0 Å². The van der Waals surface area contributed by atoms with Crippen LogP contribution in [0.1, 0.15) is 80.1 Å². The van der Waals surface area contributed by atoms with Gasteiger partial charge in [0.25, 0.3) is 0 Å². The monoisotopic (exact) mass is 318 g/mol. The van der Waals surface area contributed by atoms with E-state index in [4.69, 9.17) is 0 Å². The first-order valence-corrected chi connectivity index (χ1v) is 9.95. The Balaban J connectivity index is 1.48. The fourth-order valence-electron chi connectivity index (χ4n) is 7.72. The third-order valence-corrected chi connectivity index (χ3v) is 7.41. The summed E-state index contributed by atoms with van der Waals surface area (Å²) in [6.45, 7) is 19.0. The van der Waals surface area contributed by atoms with Gasteiger partial charge in [-0.2, -0.15) is 0 Å². The molecule has 0 aromatic rings. The second-order valence-electron chi connectivity index (χ2n) is 12.1. The first kappa shape index (κ1) is 16.4. The number of likely N-dealkylation sites (tertiary alicyclic amines) is 2. The predicted molar refractivity (Wildman–Crippen MR) is 97.3 cm³/mol. The van der Waals surface area contributed by atoms with Crippen LogP contribution in [-0.2, 0) is 0 Å². The third kappa shape index (κ3) is 2.99. The molecule has 2 heteroatoms. The molecule has 4 aliphatic rings. The first-order chi connectivity index (χ1) is 10.5. The molecular formula is C21H38N2. The highest BCUT2D eigenvalue weighted by molar-refractivity contribution is 5.05. The minimum absolute atomic E-state index is 0.543. The second-order valence-corrected chi connectivity index (χ2v) is 12.1. The zero-order valence-electron chi connectivity index (χ0n) is 16.4. The van der Waals surface area contributed by atoms with Gasteiger partial charge < -0.3 is 0 Å². The maximum Gasteiger partial charge on any atom is 0.0512 e. The van der Waals surface area contributed by atoms with Crippen LogP contribution >= 0.6 is 0 Å². The Hall–Kier alpha value is -0.0800. The summed E-state index contributed by atoms with van der Waals surface area (Å²) in [6, 6.07) is 1.68. The van der Waals surface area contributed by atoms with Gasteiger partial charge in [0, 0.05) is 25.2 Å². The van der Waals surface area contributed by atoms with Gasteiger partial charge in [0.05, 0.1) is 6.67 Å². The van der Waals surface area contributed by atoms with E-state index in [1.165, 1.54) is 58.3 Å². The Morgan fingerprint density at radius 3 is 1.43 bits per heavy atom. The van der Waals surface area contributed by atoms with E-state index < -0.39 is 0 Å². The normalized spacial score (nSPS) is 48.8. The van der Waals surface area contributed by atoms with Gasteiger partial charge in [0.2, 0.25) is 0 Å². The van der Waals surface area contributed by atoms with Crippen molar-refractivity contribution < 1.29 is 0 Å². The second kappa shape index (κ2) is 4.75. The Bertz CT molecular complexity index is 452. The van der Waals surface area contributed by atoms with Crippen LogP contribution < -0.4 is 0 Å². The molecule has 0 spiro atoms. The molecule has 2 saturated heterocycles. The lowest BCUT2D eigenvalue weighted by atomic mass is 9.65. The highest BCUT2D eigenvalue weighted by Crippen LogP contribution is 2.55. The smallest absolute Gasteiger partial charge is 0.0512 e. The first-order valence-electron chi connectivity index (χ1n) is 9.95. The molecule has 2 heterocycles. The molecule has 2 saturated carbocycles. The number of hydrogen-bond donors (Lipinski definition) is 0.